The predicted octanol–water partition coefficient (Wildman–Crippen LogP) is 3.23. The first-order chi connectivity index (χ1) is 15.9. The van der Waals surface area contributed by atoms with Gasteiger partial charge in [0.05, 0.1) is 24.7 Å². The van der Waals surface area contributed by atoms with E-state index in [0.717, 1.165) is 17.0 Å². The van der Waals surface area contributed by atoms with Crippen molar-refractivity contribution < 1.29 is 32.6 Å². The molecule has 1 N–H and O–H groups in total. The fourth-order valence-electron chi connectivity index (χ4n) is 4.57. The summed E-state index contributed by atoms with van der Waals surface area (Å²) in [5.74, 6) is -2.80. The van der Waals surface area contributed by atoms with Crippen LogP contribution in [0.3, 0.4) is 0 Å². The average Bonchev–Trinajstić information content (AvgIpc) is 3.02. The van der Waals surface area contributed by atoms with E-state index < -0.39 is 40.2 Å². The molecule has 1 saturated carbocycles. The molecule has 1 aromatic carbocycles. The molecule has 2 heterocycles. The van der Waals surface area contributed by atoms with Gasteiger partial charge in [-0.25, -0.2) is 13.6 Å². The van der Waals surface area contributed by atoms with Gasteiger partial charge in [0.25, 0.3) is 5.91 Å². The van der Waals surface area contributed by atoms with Crippen LogP contribution < -0.4 is 15.1 Å². The van der Waals surface area contributed by atoms with Crippen LogP contribution in [0, 0.1) is 29.4 Å². The zero-order valence-electron chi connectivity index (χ0n) is 18.8. The number of cyclic esters (lactones) is 1. The number of hydrogen-bond donors (Lipinski definition) is 1. The molecule has 2 saturated heterocycles. The van der Waals surface area contributed by atoms with E-state index in [4.69, 9.17) is 32.7 Å². The van der Waals surface area contributed by atoms with E-state index in [0.29, 0.717) is 13.1 Å². The molecule has 1 aliphatic carbocycles. The Balaban J connectivity index is 1.39. The van der Waals surface area contributed by atoms with Gasteiger partial charge in [-0.05, 0) is 32.6 Å². The van der Waals surface area contributed by atoms with Crippen LogP contribution in [0.4, 0.5) is 25.0 Å². The van der Waals surface area contributed by atoms with E-state index in [1.807, 2.05) is 0 Å². The van der Waals surface area contributed by atoms with Gasteiger partial charge in [-0.2, -0.15) is 0 Å². The molecule has 3 atom stereocenters. The molecular weight excluding hydrogens is 495 g/mol. The number of halogens is 4. The van der Waals surface area contributed by atoms with Gasteiger partial charge in [-0.15, -0.1) is 0 Å². The lowest BCUT2D eigenvalue weighted by Crippen LogP contribution is -2.37. The number of hydrogen-bond acceptors (Lipinski definition) is 6. The summed E-state index contributed by atoms with van der Waals surface area (Å²) >= 11 is 10.9. The summed E-state index contributed by atoms with van der Waals surface area (Å²) in [6.45, 7) is 6.02. The molecule has 2 amide bonds. The molecule has 3 aliphatic rings. The molecule has 0 radical (unpaired) electrons. The van der Waals surface area contributed by atoms with Crippen molar-refractivity contribution in [1.29, 1.82) is 0 Å². The highest BCUT2D eigenvalue weighted by Gasteiger charge is 2.61. The molecule has 3 fully saturated rings. The Labute approximate surface area is 205 Å². The van der Waals surface area contributed by atoms with E-state index in [2.05, 4.69) is 5.32 Å². The smallest absolute Gasteiger partial charge is 0.414 e. The minimum Gasteiger partial charge on any atom is -0.460 e. The molecular formula is C22H25Cl2F2N3O5. The Morgan fingerprint density at radius 1 is 1.18 bits per heavy atom. The van der Waals surface area contributed by atoms with Crippen molar-refractivity contribution in [2.75, 3.05) is 36.0 Å². The summed E-state index contributed by atoms with van der Waals surface area (Å²) < 4.78 is 40.5. The van der Waals surface area contributed by atoms with Crippen molar-refractivity contribution in [2.24, 2.45) is 17.8 Å². The van der Waals surface area contributed by atoms with Crippen LogP contribution in [0.1, 0.15) is 20.8 Å². The summed E-state index contributed by atoms with van der Waals surface area (Å²) in [5.41, 5.74) is -0.772. The first-order valence-electron chi connectivity index (χ1n) is 10.9. The molecule has 1 aromatic rings. The van der Waals surface area contributed by atoms with Crippen LogP contribution in [-0.4, -0.2) is 60.7 Å². The Morgan fingerprint density at radius 2 is 1.76 bits per heavy atom. The maximum atomic E-state index is 15.0. The number of benzene rings is 1. The summed E-state index contributed by atoms with van der Waals surface area (Å²) in [7, 11) is 0. The van der Waals surface area contributed by atoms with Gasteiger partial charge in [0.2, 0.25) is 0 Å². The highest BCUT2D eigenvalue weighted by atomic mass is 35.5. The number of carbonyl (C=O) groups excluding carboxylic acids is 3. The van der Waals surface area contributed by atoms with Crippen LogP contribution in [-0.2, 0) is 19.1 Å². The second kappa shape index (κ2) is 9.03. The fraction of sp³-hybridized carbons (Fsp3) is 0.591. The van der Waals surface area contributed by atoms with E-state index >= 15 is 0 Å². The second-order valence-electron chi connectivity index (χ2n) is 9.71. The largest absolute Gasteiger partial charge is 0.460 e. The van der Waals surface area contributed by atoms with Crippen molar-refractivity contribution in [1.82, 2.24) is 5.32 Å². The number of esters is 1. The Bertz CT molecular complexity index is 984. The number of rotatable bonds is 6. The third-order valence-corrected chi connectivity index (χ3v) is 6.48. The third kappa shape index (κ3) is 5.02. The van der Waals surface area contributed by atoms with Crippen LogP contribution in [0.15, 0.2) is 12.1 Å². The Morgan fingerprint density at radius 3 is 2.29 bits per heavy atom. The summed E-state index contributed by atoms with van der Waals surface area (Å²) in [5, 5.41) is 2.42. The number of anilines is 2. The number of fused-ring (bicyclic) bond motifs is 1. The second-order valence-corrected chi connectivity index (χ2v) is 10.8. The summed E-state index contributed by atoms with van der Waals surface area (Å²) in [4.78, 5) is 37.4. The molecule has 186 valence electrons. The maximum absolute atomic E-state index is 15.0. The number of nitrogens with zero attached hydrogens (tertiary/aromatic N) is 2. The zero-order valence-corrected chi connectivity index (χ0v) is 20.3. The van der Waals surface area contributed by atoms with Crippen molar-refractivity contribution in [3.05, 3.63) is 23.8 Å². The molecule has 8 nitrogen and oxygen atoms in total. The number of amides is 2. The fourth-order valence-corrected chi connectivity index (χ4v) is 4.72. The van der Waals surface area contributed by atoms with Gasteiger partial charge in [-0.1, -0.05) is 23.2 Å². The van der Waals surface area contributed by atoms with Crippen LogP contribution >= 0.6 is 23.2 Å². The van der Waals surface area contributed by atoms with Crippen LogP contribution in [0.5, 0.6) is 0 Å². The number of piperidine rings is 1. The molecule has 0 bridgehead atoms. The monoisotopic (exact) mass is 519 g/mol. The molecule has 0 spiro atoms. The Hall–Kier alpha value is -2.33. The first kappa shape index (κ1) is 24.8. The van der Waals surface area contributed by atoms with E-state index in [1.54, 1.807) is 25.7 Å². The molecule has 0 aromatic heterocycles. The number of carbonyl (C=O) groups is 3. The molecule has 34 heavy (non-hydrogen) atoms. The average molecular weight is 520 g/mol. The highest BCUT2D eigenvalue weighted by molar-refractivity contribution is 6.53. The van der Waals surface area contributed by atoms with E-state index in [9.17, 15) is 23.2 Å². The molecule has 12 heteroatoms. The SMILES string of the molecule is CC(C)(C)OC(=O)C1C2CN(c3c(F)cc(N4C[C@H](CNC(=O)C(Cl)Cl)OC4=O)cc3F)CC21. The van der Waals surface area contributed by atoms with E-state index in [1.165, 1.54) is 0 Å². The van der Waals surface area contributed by atoms with Gasteiger partial charge in [-0.3, -0.25) is 14.5 Å². The zero-order chi connectivity index (χ0) is 24.9. The standard InChI is InChI=1S/C22H25Cl2F2N3O5/c1-22(2,3)34-20(31)16-12-8-28(9-13(12)16)17-14(25)4-10(5-15(17)26)29-7-11(33-21(29)32)6-27-19(30)18(23)24/h4-5,11-13,16,18H,6-9H2,1-3H3,(H,27,30)/t11-,12?,13?,16?/m0/s1. The number of alkyl halides is 2. The van der Waals surface area contributed by atoms with Gasteiger partial charge in [0.15, 0.2) is 16.5 Å². The normalized spacial score (nSPS) is 25.9. The topological polar surface area (TPSA) is 88.2 Å². The predicted molar refractivity (Wildman–Crippen MR) is 121 cm³/mol. The first-order valence-corrected chi connectivity index (χ1v) is 11.7. The highest BCUT2D eigenvalue weighted by Crippen LogP contribution is 2.54. The third-order valence-electron chi connectivity index (χ3n) is 6.08. The quantitative estimate of drug-likeness (QED) is 0.458. The van der Waals surface area contributed by atoms with Crippen LogP contribution in [0.25, 0.3) is 0 Å². The lowest BCUT2D eigenvalue weighted by molar-refractivity contribution is -0.157. The number of ether oxygens (including phenoxy) is 2. The minimum atomic E-state index is -1.26. The van der Waals surface area contributed by atoms with E-state index in [-0.39, 0.29) is 48.2 Å². The molecule has 2 aliphatic heterocycles. The molecule has 2 unspecified atom stereocenters. The van der Waals surface area contributed by atoms with Crippen molar-refractivity contribution in [3.63, 3.8) is 0 Å². The summed E-state index contributed by atoms with van der Waals surface area (Å²) in [6, 6.07) is 2.15. The van der Waals surface area contributed by atoms with Gasteiger partial charge in [0.1, 0.15) is 17.4 Å². The lowest BCUT2D eigenvalue weighted by Gasteiger charge is -2.25. The van der Waals surface area contributed by atoms with Crippen molar-refractivity contribution in [2.45, 2.75) is 37.3 Å². The number of nitrogens with one attached hydrogen (secondary N) is 1. The van der Waals surface area contributed by atoms with Gasteiger partial charge < -0.3 is 19.7 Å². The van der Waals surface area contributed by atoms with Crippen LogP contribution in [0.2, 0.25) is 0 Å². The van der Waals surface area contributed by atoms with Crippen molar-refractivity contribution >= 4 is 52.5 Å². The van der Waals surface area contributed by atoms with Gasteiger partial charge in [0, 0.05) is 25.2 Å². The maximum Gasteiger partial charge on any atom is 0.414 e. The van der Waals surface area contributed by atoms with Gasteiger partial charge >= 0.3 is 12.1 Å². The summed E-state index contributed by atoms with van der Waals surface area (Å²) in [6.07, 6.45) is -1.52. The Kier molecular flexibility index (Phi) is 6.58. The van der Waals surface area contributed by atoms with Crippen molar-refractivity contribution in [3.8, 4) is 0 Å². The molecule has 4 rings (SSSR count). The minimum absolute atomic E-state index is 0.00104. The lowest BCUT2D eigenvalue weighted by atomic mass is 10.1.